The Bertz CT molecular complexity index is 1470. The van der Waals surface area contributed by atoms with E-state index in [-0.39, 0.29) is 33.4 Å². The Labute approximate surface area is 214 Å². The molecule has 0 radical (unpaired) electrons. The summed E-state index contributed by atoms with van der Waals surface area (Å²) in [6.45, 7) is 7.39. The zero-order valence-corrected chi connectivity index (χ0v) is 22.5. The van der Waals surface area contributed by atoms with Gasteiger partial charge in [0.05, 0.1) is 43.2 Å². The summed E-state index contributed by atoms with van der Waals surface area (Å²) in [6, 6.07) is 7.37. The number of hydrogen-bond acceptors (Lipinski definition) is 8. The van der Waals surface area contributed by atoms with Gasteiger partial charge in [-0.1, -0.05) is 13.8 Å². The first-order valence-electron chi connectivity index (χ1n) is 11.1. The van der Waals surface area contributed by atoms with Crippen molar-refractivity contribution >= 4 is 49.9 Å². The highest BCUT2D eigenvalue weighted by atomic mass is 32.2. The molecule has 36 heavy (non-hydrogen) atoms. The van der Waals surface area contributed by atoms with E-state index in [1.807, 2.05) is 36.6 Å². The number of fused-ring (bicyclic) bond motifs is 1. The minimum absolute atomic E-state index is 0.0179. The lowest BCUT2D eigenvalue weighted by Gasteiger charge is -2.24. The van der Waals surface area contributed by atoms with Crippen LogP contribution in [0.1, 0.15) is 30.8 Å². The molecule has 4 rings (SSSR count). The summed E-state index contributed by atoms with van der Waals surface area (Å²) in [6.07, 6.45) is 1.56. The third-order valence-electron chi connectivity index (χ3n) is 5.72. The van der Waals surface area contributed by atoms with E-state index in [0.29, 0.717) is 17.1 Å². The quantitative estimate of drug-likeness (QED) is 0.446. The second-order valence-electron chi connectivity index (χ2n) is 8.78. The summed E-state index contributed by atoms with van der Waals surface area (Å²) in [7, 11) is -0.612. The third kappa shape index (κ3) is 4.46. The summed E-state index contributed by atoms with van der Waals surface area (Å²) < 4.78 is 42.6. The molecule has 0 fully saturated rings. The Morgan fingerprint density at radius 3 is 2.53 bits per heavy atom. The number of amides is 1. The van der Waals surface area contributed by atoms with Crippen molar-refractivity contribution in [1.82, 2.24) is 9.47 Å². The van der Waals surface area contributed by atoms with E-state index in [0.717, 1.165) is 33.9 Å². The molecular weight excluding hydrogens is 502 g/mol. The van der Waals surface area contributed by atoms with Crippen LogP contribution in [-0.4, -0.2) is 59.9 Å². The predicted octanol–water partition coefficient (Wildman–Crippen LogP) is 3.76. The van der Waals surface area contributed by atoms with E-state index in [2.05, 4.69) is 9.39 Å². The zero-order valence-electron chi connectivity index (χ0n) is 20.8. The van der Waals surface area contributed by atoms with Gasteiger partial charge in [-0.15, -0.1) is 0 Å². The van der Waals surface area contributed by atoms with E-state index >= 15 is 0 Å². The van der Waals surface area contributed by atoms with Gasteiger partial charge in [0.2, 0.25) is 20.2 Å². The van der Waals surface area contributed by atoms with E-state index in [9.17, 15) is 13.2 Å². The Hall–Kier alpha value is -3.38. The molecular formula is C24H27N5O5S2. The first kappa shape index (κ1) is 25.7. The van der Waals surface area contributed by atoms with Crippen molar-refractivity contribution in [3.05, 3.63) is 46.8 Å². The number of hydrogen-bond donors (Lipinski definition) is 1. The summed E-state index contributed by atoms with van der Waals surface area (Å²) >= 11 is 0.786. The van der Waals surface area contributed by atoms with E-state index in [1.165, 1.54) is 0 Å². The van der Waals surface area contributed by atoms with Crippen molar-refractivity contribution in [2.24, 2.45) is 15.3 Å². The molecule has 2 aliphatic rings. The number of benzene rings is 1. The molecule has 2 aliphatic heterocycles. The lowest BCUT2D eigenvalue weighted by molar-refractivity contribution is -0.114. The van der Waals surface area contributed by atoms with Crippen LogP contribution in [0.5, 0.6) is 11.5 Å². The first-order chi connectivity index (χ1) is 17.0. The predicted molar refractivity (Wildman–Crippen MR) is 142 cm³/mol. The van der Waals surface area contributed by atoms with Crippen molar-refractivity contribution in [1.29, 1.82) is 5.41 Å². The molecule has 0 unspecified atom stereocenters. The number of carbonyl (C=O) groups is 1. The Morgan fingerprint density at radius 2 is 1.89 bits per heavy atom. The monoisotopic (exact) mass is 529 g/mol. The van der Waals surface area contributed by atoms with Crippen molar-refractivity contribution in [2.45, 2.75) is 27.7 Å². The second kappa shape index (κ2) is 9.58. The molecule has 1 amide bonds. The average molecular weight is 530 g/mol. The number of aliphatic imine (C=N–C) groups is 1. The molecule has 10 nitrogen and oxygen atoms in total. The molecule has 0 atom stereocenters. The van der Waals surface area contributed by atoms with Crippen LogP contribution in [0.15, 0.2) is 39.2 Å². The molecule has 0 saturated carbocycles. The van der Waals surface area contributed by atoms with Crippen LogP contribution in [-0.2, 0) is 14.6 Å². The molecule has 3 heterocycles. The number of aromatic nitrogens is 1. The number of sulfone groups is 1. The van der Waals surface area contributed by atoms with Crippen molar-refractivity contribution in [3.63, 3.8) is 0 Å². The fourth-order valence-corrected chi connectivity index (χ4v) is 6.87. The summed E-state index contributed by atoms with van der Waals surface area (Å²) in [4.78, 5) is 18.0. The maximum atomic E-state index is 12.9. The first-order valence-corrected chi connectivity index (χ1v) is 13.5. The zero-order chi connectivity index (χ0) is 26.4. The Morgan fingerprint density at radius 1 is 1.17 bits per heavy atom. The van der Waals surface area contributed by atoms with Gasteiger partial charge in [0, 0.05) is 17.5 Å². The topological polar surface area (TPSA) is 126 Å². The van der Waals surface area contributed by atoms with Crippen LogP contribution in [0.3, 0.4) is 0 Å². The fraction of sp³-hybridized carbons (Fsp3) is 0.333. The van der Waals surface area contributed by atoms with Gasteiger partial charge in [-0.25, -0.2) is 13.3 Å². The number of methoxy groups -OCH3 is 2. The lowest BCUT2D eigenvalue weighted by atomic mass is 10.1. The maximum Gasteiger partial charge on any atom is 0.283 e. The fourth-order valence-electron chi connectivity index (χ4n) is 4.14. The van der Waals surface area contributed by atoms with Gasteiger partial charge in [0.15, 0.2) is 0 Å². The summed E-state index contributed by atoms with van der Waals surface area (Å²) in [5.41, 5.74) is 3.13. The number of aryl methyl sites for hydroxylation is 1. The molecule has 0 aliphatic carbocycles. The van der Waals surface area contributed by atoms with Gasteiger partial charge in [0.1, 0.15) is 17.3 Å². The van der Waals surface area contributed by atoms with E-state index in [4.69, 9.17) is 14.9 Å². The highest BCUT2D eigenvalue weighted by Gasteiger charge is 2.42. The molecule has 1 aromatic carbocycles. The molecule has 1 aromatic heterocycles. The standard InChI is InChI=1S/C24H27N5O5S2/c1-13(2)12-36(31,32)24-27-35-23-26-22(30)18(21(25)29(23)24)10-16-9-14(3)28(15(16)4)19-8-7-17(33-5)11-20(19)34-6/h7-11,13,25H,12H2,1-6H3/b18-10-,25-21?. The van der Waals surface area contributed by atoms with Crippen molar-refractivity contribution in [2.75, 3.05) is 20.0 Å². The van der Waals surface area contributed by atoms with Crippen LogP contribution < -0.4 is 9.47 Å². The highest BCUT2D eigenvalue weighted by molar-refractivity contribution is 8.16. The van der Waals surface area contributed by atoms with Gasteiger partial charge in [0.25, 0.3) is 5.91 Å². The summed E-state index contributed by atoms with van der Waals surface area (Å²) in [5.74, 6) is 0.123. The van der Waals surface area contributed by atoms with Gasteiger partial charge in [-0.2, -0.15) is 9.39 Å². The van der Waals surface area contributed by atoms with Gasteiger partial charge in [-0.05, 0) is 49.6 Å². The molecule has 0 bridgehead atoms. The van der Waals surface area contributed by atoms with Crippen LogP contribution >= 0.6 is 11.9 Å². The number of nitrogens with one attached hydrogen (secondary N) is 1. The van der Waals surface area contributed by atoms with Crippen molar-refractivity contribution < 1.29 is 22.7 Å². The summed E-state index contributed by atoms with van der Waals surface area (Å²) in [5, 5.41) is 8.51. The molecule has 190 valence electrons. The van der Waals surface area contributed by atoms with Gasteiger partial charge in [-0.3, -0.25) is 10.2 Å². The van der Waals surface area contributed by atoms with Crippen LogP contribution in [0.25, 0.3) is 11.8 Å². The van der Waals surface area contributed by atoms with Crippen LogP contribution in [0.4, 0.5) is 0 Å². The SMILES string of the molecule is COc1ccc(-n2c(C)cc(/C=C3/C(=N)N4C(=NC3=O)SN=C4S(=O)(=O)CC(C)C)c2C)c(OC)c1. The maximum absolute atomic E-state index is 12.9. The largest absolute Gasteiger partial charge is 0.497 e. The molecule has 2 aromatic rings. The number of amidine groups is 3. The number of rotatable bonds is 6. The second-order valence-corrected chi connectivity index (χ2v) is 11.4. The normalized spacial score (nSPS) is 17.0. The minimum atomic E-state index is -3.77. The van der Waals surface area contributed by atoms with Crippen LogP contribution in [0.2, 0.25) is 0 Å². The Balaban J connectivity index is 1.76. The number of nitrogens with zero attached hydrogens (tertiary/aromatic N) is 4. The number of carbonyl (C=O) groups excluding carboxylic acids is 1. The third-order valence-corrected chi connectivity index (χ3v) is 8.48. The highest BCUT2D eigenvalue weighted by Crippen LogP contribution is 2.34. The van der Waals surface area contributed by atoms with Crippen LogP contribution in [0, 0.1) is 25.2 Å². The van der Waals surface area contributed by atoms with Gasteiger partial charge >= 0.3 is 0 Å². The number of ether oxygens (including phenoxy) is 2. The minimum Gasteiger partial charge on any atom is -0.497 e. The molecule has 0 spiro atoms. The lowest BCUT2D eigenvalue weighted by Crippen LogP contribution is -2.46. The molecule has 12 heteroatoms. The molecule has 0 saturated heterocycles. The average Bonchev–Trinajstić information content (AvgIpc) is 3.36. The van der Waals surface area contributed by atoms with Crippen molar-refractivity contribution in [3.8, 4) is 17.2 Å². The smallest absolute Gasteiger partial charge is 0.283 e. The van der Waals surface area contributed by atoms with E-state index < -0.39 is 15.7 Å². The Kier molecular flexibility index (Phi) is 6.84. The van der Waals surface area contributed by atoms with E-state index in [1.54, 1.807) is 40.2 Å². The molecule has 1 N–H and O–H groups in total. The van der Waals surface area contributed by atoms with Gasteiger partial charge < -0.3 is 14.0 Å².